The minimum absolute atomic E-state index is 0.166. The molecule has 30 heavy (non-hydrogen) atoms. The lowest BCUT2D eigenvalue weighted by Crippen LogP contribution is -2.32. The number of benzene rings is 1. The van der Waals surface area contributed by atoms with Gasteiger partial charge in [-0.25, -0.2) is 9.67 Å². The topological polar surface area (TPSA) is 63.1 Å². The average molecular weight is 488 g/mol. The molecule has 1 saturated heterocycles. The Labute approximate surface area is 189 Å². The van der Waals surface area contributed by atoms with E-state index in [0.717, 1.165) is 47.1 Å². The first kappa shape index (κ1) is 21.2. The normalized spacial score (nSPS) is 15.5. The van der Waals surface area contributed by atoms with Crippen LogP contribution < -0.4 is 5.32 Å². The van der Waals surface area contributed by atoms with E-state index in [1.807, 2.05) is 43.5 Å². The first-order valence-corrected chi connectivity index (χ1v) is 11.9. The Hall–Kier alpha value is -2.03. The van der Waals surface area contributed by atoms with E-state index >= 15 is 0 Å². The van der Waals surface area contributed by atoms with Crippen LogP contribution in [0.15, 0.2) is 34.1 Å². The third-order valence-electron chi connectivity index (χ3n) is 5.62. The number of thiazole rings is 1. The average Bonchev–Trinajstić information content (AvgIpc) is 3.27. The van der Waals surface area contributed by atoms with Crippen LogP contribution in [-0.2, 0) is 6.54 Å². The van der Waals surface area contributed by atoms with E-state index in [9.17, 15) is 4.79 Å². The van der Waals surface area contributed by atoms with Crippen molar-refractivity contribution in [2.45, 2.75) is 40.2 Å². The Bertz CT molecular complexity index is 1030. The quantitative estimate of drug-likeness (QED) is 0.537. The first-order valence-electron chi connectivity index (χ1n) is 10.2. The molecule has 0 unspecified atom stereocenters. The summed E-state index contributed by atoms with van der Waals surface area (Å²) in [5, 5.41) is 10.2. The van der Waals surface area contributed by atoms with Gasteiger partial charge in [0, 0.05) is 16.4 Å². The van der Waals surface area contributed by atoms with E-state index < -0.39 is 0 Å². The third kappa shape index (κ3) is 4.66. The van der Waals surface area contributed by atoms with E-state index in [1.165, 1.54) is 24.2 Å². The molecule has 1 fully saturated rings. The largest absolute Gasteiger partial charge is 0.298 e. The molecule has 0 aliphatic carbocycles. The zero-order valence-electron chi connectivity index (χ0n) is 17.5. The molecule has 158 valence electrons. The summed E-state index contributed by atoms with van der Waals surface area (Å²) in [7, 11) is 0. The van der Waals surface area contributed by atoms with Crippen LogP contribution in [0.1, 0.15) is 47.2 Å². The lowest BCUT2D eigenvalue weighted by molar-refractivity contribution is 0.102. The van der Waals surface area contributed by atoms with Gasteiger partial charge in [0.25, 0.3) is 5.91 Å². The minimum atomic E-state index is -0.166. The number of anilines is 1. The van der Waals surface area contributed by atoms with Crippen molar-refractivity contribution in [3.05, 3.63) is 56.8 Å². The van der Waals surface area contributed by atoms with Crippen molar-refractivity contribution >= 4 is 38.3 Å². The zero-order valence-corrected chi connectivity index (χ0v) is 19.9. The van der Waals surface area contributed by atoms with Crippen LogP contribution in [0.2, 0.25) is 0 Å². The molecule has 1 aliphatic heterocycles. The Morgan fingerprint density at radius 3 is 2.63 bits per heavy atom. The first-order chi connectivity index (χ1) is 14.4. The predicted octanol–water partition coefficient (Wildman–Crippen LogP) is 5.19. The Kier molecular flexibility index (Phi) is 6.36. The van der Waals surface area contributed by atoms with Gasteiger partial charge in [-0.05, 0) is 70.0 Å². The number of likely N-dealkylation sites (tertiary alicyclic amines) is 1. The molecular formula is C22H26BrN5OS. The van der Waals surface area contributed by atoms with Gasteiger partial charge < -0.3 is 0 Å². The number of carbonyl (C=O) groups is 1. The molecule has 3 heterocycles. The number of piperidine rings is 1. The highest BCUT2D eigenvalue weighted by molar-refractivity contribution is 9.10. The number of amides is 1. The van der Waals surface area contributed by atoms with Crippen LogP contribution >= 0.6 is 27.3 Å². The molecule has 1 aliphatic rings. The van der Waals surface area contributed by atoms with Gasteiger partial charge in [0.1, 0.15) is 0 Å². The number of halogens is 1. The van der Waals surface area contributed by atoms with Crippen LogP contribution in [0, 0.1) is 19.8 Å². The molecule has 1 N–H and O–H groups in total. The highest BCUT2D eigenvalue weighted by atomic mass is 79.9. The van der Waals surface area contributed by atoms with Crippen LogP contribution in [0.3, 0.4) is 0 Å². The fourth-order valence-corrected chi connectivity index (χ4v) is 4.81. The van der Waals surface area contributed by atoms with Gasteiger partial charge in [-0.3, -0.25) is 15.0 Å². The maximum atomic E-state index is 13.0. The number of carbonyl (C=O) groups excluding carboxylic acids is 1. The number of nitrogens with zero attached hydrogens (tertiary/aromatic N) is 4. The lowest BCUT2D eigenvalue weighted by atomic mass is 9.99. The van der Waals surface area contributed by atoms with E-state index in [0.29, 0.717) is 16.4 Å². The second-order valence-corrected chi connectivity index (χ2v) is 9.76. The van der Waals surface area contributed by atoms with Gasteiger partial charge >= 0.3 is 0 Å². The smallest absolute Gasteiger partial charge is 0.261 e. The number of aryl methyl sites for hydroxylation is 1. The fourth-order valence-electron chi connectivity index (χ4n) is 3.85. The number of hydrogen-bond donors (Lipinski definition) is 1. The molecular weight excluding hydrogens is 462 g/mol. The second-order valence-electron chi connectivity index (χ2n) is 7.99. The Morgan fingerprint density at radius 1 is 1.23 bits per heavy atom. The molecule has 6 nitrogen and oxygen atoms in total. The van der Waals surface area contributed by atoms with Gasteiger partial charge in [-0.1, -0.05) is 22.9 Å². The highest BCUT2D eigenvalue weighted by Crippen LogP contribution is 2.24. The standard InChI is InChI=1S/C22H26BrN5OS/c1-14-8-10-27(11-9-14)12-18-13-30-22(24-18)25-21(29)20-15(2)26-28(16(20)3)19-6-4-17(23)5-7-19/h4-7,13-14H,8-12H2,1-3H3,(H,24,25,29). The van der Waals surface area contributed by atoms with Gasteiger partial charge in [0.2, 0.25) is 0 Å². The van der Waals surface area contributed by atoms with Crippen molar-refractivity contribution in [1.82, 2.24) is 19.7 Å². The van der Waals surface area contributed by atoms with Crippen molar-refractivity contribution in [2.24, 2.45) is 5.92 Å². The SMILES string of the molecule is Cc1nn(-c2ccc(Br)cc2)c(C)c1C(=O)Nc1nc(CN2CCC(C)CC2)cs1. The summed E-state index contributed by atoms with van der Waals surface area (Å²) in [6.45, 7) is 9.18. The highest BCUT2D eigenvalue weighted by Gasteiger charge is 2.21. The number of aromatic nitrogens is 3. The van der Waals surface area contributed by atoms with Crippen LogP contribution in [0.4, 0.5) is 5.13 Å². The molecule has 0 saturated carbocycles. The fraction of sp³-hybridized carbons (Fsp3) is 0.409. The monoisotopic (exact) mass is 487 g/mol. The van der Waals surface area contributed by atoms with Crippen molar-refractivity contribution in [2.75, 3.05) is 18.4 Å². The molecule has 3 aromatic rings. The molecule has 0 spiro atoms. The number of hydrogen-bond acceptors (Lipinski definition) is 5. The maximum absolute atomic E-state index is 13.0. The van der Waals surface area contributed by atoms with Gasteiger partial charge in [-0.15, -0.1) is 11.3 Å². The van der Waals surface area contributed by atoms with E-state index in [1.54, 1.807) is 4.68 Å². The molecule has 0 atom stereocenters. The van der Waals surface area contributed by atoms with E-state index in [-0.39, 0.29) is 5.91 Å². The summed E-state index contributed by atoms with van der Waals surface area (Å²) in [6, 6.07) is 7.87. The summed E-state index contributed by atoms with van der Waals surface area (Å²) in [5.41, 5.74) is 4.05. The Balaban J connectivity index is 1.45. The Morgan fingerprint density at radius 2 is 1.93 bits per heavy atom. The van der Waals surface area contributed by atoms with Crippen LogP contribution in [-0.4, -0.2) is 38.7 Å². The zero-order chi connectivity index (χ0) is 21.3. The van der Waals surface area contributed by atoms with Crippen molar-refractivity contribution in [3.63, 3.8) is 0 Å². The lowest BCUT2D eigenvalue weighted by Gasteiger charge is -2.29. The summed E-state index contributed by atoms with van der Waals surface area (Å²) in [4.78, 5) is 20.1. The molecule has 2 aromatic heterocycles. The van der Waals surface area contributed by atoms with Crippen molar-refractivity contribution in [1.29, 1.82) is 0 Å². The molecule has 8 heteroatoms. The second kappa shape index (κ2) is 8.99. The molecule has 1 aromatic carbocycles. The van der Waals surface area contributed by atoms with Gasteiger partial charge in [0.05, 0.1) is 28.3 Å². The summed E-state index contributed by atoms with van der Waals surface area (Å²) in [6.07, 6.45) is 2.49. The predicted molar refractivity (Wildman–Crippen MR) is 124 cm³/mol. The van der Waals surface area contributed by atoms with Crippen molar-refractivity contribution < 1.29 is 4.79 Å². The maximum Gasteiger partial charge on any atom is 0.261 e. The summed E-state index contributed by atoms with van der Waals surface area (Å²) in [5.74, 6) is 0.650. The molecule has 0 bridgehead atoms. The van der Waals surface area contributed by atoms with Crippen molar-refractivity contribution in [3.8, 4) is 5.69 Å². The van der Waals surface area contributed by atoms with Gasteiger partial charge in [-0.2, -0.15) is 5.10 Å². The van der Waals surface area contributed by atoms with Crippen LogP contribution in [0.25, 0.3) is 5.69 Å². The number of nitrogens with one attached hydrogen (secondary N) is 1. The number of rotatable bonds is 5. The minimum Gasteiger partial charge on any atom is -0.298 e. The van der Waals surface area contributed by atoms with Crippen LogP contribution in [0.5, 0.6) is 0 Å². The van der Waals surface area contributed by atoms with Gasteiger partial charge in [0.15, 0.2) is 5.13 Å². The molecule has 0 radical (unpaired) electrons. The van der Waals surface area contributed by atoms with E-state index in [4.69, 9.17) is 0 Å². The third-order valence-corrected chi connectivity index (χ3v) is 6.96. The summed E-state index contributed by atoms with van der Waals surface area (Å²) < 4.78 is 2.81. The molecule has 1 amide bonds. The summed E-state index contributed by atoms with van der Waals surface area (Å²) >= 11 is 4.93. The molecule has 4 rings (SSSR count). The van der Waals surface area contributed by atoms with E-state index in [2.05, 4.69) is 43.2 Å².